The Bertz CT molecular complexity index is 281. The lowest BCUT2D eigenvalue weighted by Crippen LogP contribution is -2.42. The van der Waals surface area contributed by atoms with Crippen molar-refractivity contribution in [2.75, 3.05) is 13.1 Å². The van der Waals surface area contributed by atoms with Gasteiger partial charge in [-0.3, -0.25) is 0 Å². The Morgan fingerprint density at radius 1 is 1.47 bits per heavy atom. The minimum atomic E-state index is -0.684. The second-order valence-electron chi connectivity index (χ2n) is 6.29. The highest BCUT2D eigenvalue weighted by Gasteiger charge is 2.34. The highest BCUT2D eigenvalue weighted by atomic mass is 16.6. The molecule has 0 aromatic rings. The van der Waals surface area contributed by atoms with Gasteiger partial charge >= 0.3 is 6.09 Å². The average molecular weight is 243 g/mol. The molecule has 4 nitrogen and oxygen atoms in total. The normalized spacial score (nSPS) is 30.9. The summed E-state index contributed by atoms with van der Waals surface area (Å²) in [4.78, 5) is 13.7. The first-order valence-electron chi connectivity index (χ1n) is 6.32. The van der Waals surface area contributed by atoms with Gasteiger partial charge in [-0.25, -0.2) is 4.79 Å². The van der Waals surface area contributed by atoms with Crippen LogP contribution in [0.2, 0.25) is 0 Å². The summed E-state index contributed by atoms with van der Waals surface area (Å²) in [5.41, 5.74) is -1.15. The monoisotopic (exact) mass is 243 g/mol. The fraction of sp³-hybridized carbons (Fsp3) is 0.923. The third-order valence-electron chi connectivity index (χ3n) is 3.32. The Morgan fingerprint density at radius 3 is 2.59 bits per heavy atom. The lowest BCUT2D eigenvalue weighted by molar-refractivity contribution is -0.00677. The molecule has 4 heteroatoms. The number of ether oxygens (including phenoxy) is 1. The van der Waals surface area contributed by atoms with E-state index in [1.165, 1.54) is 0 Å². The fourth-order valence-electron chi connectivity index (χ4n) is 1.99. The van der Waals surface area contributed by atoms with Crippen molar-refractivity contribution >= 4 is 6.09 Å². The molecule has 2 atom stereocenters. The average Bonchev–Trinajstić information content (AvgIpc) is 2.24. The summed E-state index contributed by atoms with van der Waals surface area (Å²) < 4.78 is 5.35. The molecule has 0 aromatic heterocycles. The van der Waals surface area contributed by atoms with E-state index in [1.807, 2.05) is 34.6 Å². The van der Waals surface area contributed by atoms with Gasteiger partial charge in [0.15, 0.2) is 0 Å². The fourth-order valence-corrected chi connectivity index (χ4v) is 1.99. The lowest BCUT2D eigenvalue weighted by atomic mass is 9.88. The van der Waals surface area contributed by atoms with Gasteiger partial charge in [0.1, 0.15) is 5.60 Å². The summed E-state index contributed by atoms with van der Waals surface area (Å²) in [7, 11) is 0. The summed E-state index contributed by atoms with van der Waals surface area (Å²) in [6, 6.07) is 0. The number of carbonyl (C=O) groups excluding carboxylic acids is 1. The smallest absolute Gasteiger partial charge is 0.410 e. The number of rotatable bonds is 0. The van der Waals surface area contributed by atoms with Crippen LogP contribution in [0.4, 0.5) is 4.79 Å². The van der Waals surface area contributed by atoms with Crippen LogP contribution in [0.15, 0.2) is 0 Å². The quantitative estimate of drug-likeness (QED) is 0.710. The molecule has 17 heavy (non-hydrogen) atoms. The molecule has 1 rings (SSSR count). The van der Waals surface area contributed by atoms with Crippen LogP contribution in [0.5, 0.6) is 0 Å². The molecule has 1 N–H and O–H groups in total. The van der Waals surface area contributed by atoms with Crippen molar-refractivity contribution in [3.63, 3.8) is 0 Å². The molecule has 1 aliphatic heterocycles. The molecule has 1 aliphatic rings. The Kier molecular flexibility index (Phi) is 4.07. The second kappa shape index (κ2) is 4.84. The molecule has 1 fully saturated rings. The van der Waals surface area contributed by atoms with Crippen LogP contribution in [-0.2, 0) is 4.74 Å². The van der Waals surface area contributed by atoms with Gasteiger partial charge in [-0.05, 0) is 40.5 Å². The molecule has 0 radical (unpaired) electrons. The predicted molar refractivity (Wildman–Crippen MR) is 66.8 cm³/mol. The minimum Gasteiger partial charge on any atom is -0.444 e. The van der Waals surface area contributed by atoms with E-state index >= 15 is 0 Å². The number of nitrogens with zero attached hydrogens (tertiary/aromatic N) is 1. The Hall–Kier alpha value is -0.770. The number of carbonyl (C=O) groups is 1. The number of likely N-dealkylation sites (tertiary alicyclic amines) is 1. The molecular formula is C13H25NO3. The van der Waals surface area contributed by atoms with Crippen molar-refractivity contribution in [1.82, 2.24) is 4.90 Å². The highest BCUT2D eigenvalue weighted by molar-refractivity contribution is 5.68. The van der Waals surface area contributed by atoms with Gasteiger partial charge in [0.05, 0.1) is 5.60 Å². The van der Waals surface area contributed by atoms with Gasteiger partial charge in [-0.15, -0.1) is 0 Å². The van der Waals surface area contributed by atoms with Crippen molar-refractivity contribution in [3.05, 3.63) is 0 Å². The molecule has 0 unspecified atom stereocenters. The predicted octanol–water partition coefficient (Wildman–Crippen LogP) is 2.40. The minimum absolute atomic E-state index is 0.0671. The number of aliphatic hydroxyl groups is 1. The summed E-state index contributed by atoms with van der Waals surface area (Å²) in [5.74, 6) is 0.0671. The van der Waals surface area contributed by atoms with Gasteiger partial charge in [0.25, 0.3) is 0 Å². The number of hydrogen-bond acceptors (Lipinski definition) is 3. The zero-order valence-electron chi connectivity index (χ0n) is 11.6. The third kappa shape index (κ3) is 4.19. The van der Waals surface area contributed by atoms with Crippen molar-refractivity contribution in [2.24, 2.45) is 5.92 Å². The Labute approximate surface area is 104 Å². The maximum absolute atomic E-state index is 11.9. The van der Waals surface area contributed by atoms with Crippen molar-refractivity contribution in [1.29, 1.82) is 0 Å². The molecule has 0 saturated carbocycles. The van der Waals surface area contributed by atoms with Crippen molar-refractivity contribution in [3.8, 4) is 0 Å². The molecular weight excluding hydrogens is 218 g/mol. The molecule has 0 spiro atoms. The van der Waals surface area contributed by atoms with E-state index in [0.717, 1.165) is 12.8 Å². The van der Waals surface area contributed by atoms with E-state index in [0.29, 0.717) is 13.1 Å². The van der Waals surface area contributed by atoms with Crippen LogP contribution >= 0.6 is 0 Å². The third-order valence-corrected chi connectivity index (χ3v) is 3.32. The summed E-state index contributed by atoms with van der Waals surface area (Å²) in [6.45, 7) is 10.6. The zero-order valence-corrected chi connectivity index (χ0v) is 11.6. The van der Waals surface area contributed by atoms with E-state index < -0.39 is 11.2 Å². The SMILES string of the molecule is C[C@@H]1CN(C(=O)OC(C)(C)C)CCC[C@]1(C)O. The van der Waals surface area contributed by atoms with Gasteiger partial charge in [-0.2, -0.15) is 0 Å². The second-order valence-corrected chi connectivity index (χ2v) is 6.29. The van der Waals surface area contributed by atoms with Crippen LogP contribution in [0.25, 0.3) is 0 Å². The molecule has 0 aliphatic carbocycles. The maximum Gasteiger partial charge on any atom is 0.410 e. The first-order valence-corrected chi connectivity index (χ1v) is 6.32. The zero-order chi connectivity index (χ0) is 13.3. The van der Waals surface area contributed by atoms with E-state index in [9.17, 15) is 9.90 Å². The van der Waals surface area contributed by atoms with Crippen molar-refractivity contribution in [2.45, 2.75) is 58.7 Å². The maximum atomic E-state index is 11.9. The summed E-state index contributed by atoms with van der Waals surface area (Å²) >= 11 is 0. The van der Waals surface area contributed by atoms with E-state index in [2.05, 4.69) is 0 Å². The summed E-state index contributed by atoms with van der Waals surface area (Å²) in [5, 5.41) is 10.2. The highest BCUT2D eigenvalue weighted by Crippen LogP contribution is 2.27. The first-order chi connectivity index (χ1) is 7.62. The molecule has 1 saturated heterocycles. The van der Waals surface area contributed by atoms with Gasteiger partial charge < -0.3 is 14.7 Å². The molecule has 0 aromatic carbocycles. The largest absolute Gasteiger partial charge is 0.444 e. The Morgan fingerprint density at radius 2 is 2.06 bits per heavy atom. The van der Waals surface area contributed by atoms with Crippen LogP contribution in [0.3, 0.4) is 0 Å². The Balaban J connectivity index is 2.64. The van der Waals surface area contributed by atoms with Crippen LogP contribution in [-0.4, -0.2) is 40.4 Å². The van der Waals surface area contributed by atoms with E-state index in [-0.39, 0.29) is 12.0 Å². The van der Waals surface area contributed by atoms with E-state index in [1.54, 1.807) is 4.90 Å². The van der Waals surface area contributed by atoms with Crippen LogP contribution < -0.4 is 0 Å². The standard InChI is InChI=1S/C13H25NO3/c1-10-9-14(8-6-7-13(10,5)16)11(15)17-12(2,3)4/h10,16H,6-9H2,1-5H3/t10-,13+/m1/s1. The lowest BCUT2D eigenvalue weighted by Gasteiger charge is -2.31. The van der Waals surface area contributed by atoms with E-state index in [4.69, 9.17) is 4.74 Å². The van der Waals surface area contributed by atoms with Crippen LogP contribution in [0.1, 0.15) is 47.5 Å². The number of amides is 1. The van der Waals surface area contributed by atoms with Crippen LogP contribution in [0, 0.1) is 5.92 Å². The molecule has 0 bridgehead atoms. The van der Waals surface area contributed by atoms with Gasteiger partial charge in [0.2, 0.25) is 0 Å². The van der Waals surface area contributed by atoms with Crippen molar-refractivity contribution < 1.29 is 14.6 Å². The van der Waals surface area contributed by atoms with Gasteiger partial charge in [0, 0.05) is 19.0 Å². The summed E-state index contributed by atoms with van der Waals surface area (Å²) in [6.07, 6.45) is 1.27. The molecule has 1 heterocycles. The molecule has 100 valence electrons. The molecule has 1 amide bonds. The number of hydrogen-bond donors (Lipinski definition) is 1. The topological polar surface area (TPSA) is 49.8 Å². The first kappa shape index (κ1) is 14.3. The van der Waals surface area contributed by atoms with Gasteiger partial charge in [-0.1, -0.05) is 6.92 Å².